The van der Waals surface area contributed by atoms with E-state index < -0.39 is 6.10 Å². The van der Waals surface area contributed by atoms with Crippen LogP contribution in [-0.2, 0) is 14.3 Å². The molecule has 47 heavy (non-hydrogen) atoms. The second kappa shape index (κ2) is 40.8. The Morgan fingerprint density at radius 1 is 0.511 bits per heavy atom. The molecule has 0 aliphatic rings. The fourth-order valence-electron chi connectivity index (χ4n) is 5.86. The molecule has 0 radical (unpaired) electrons. The van der Waals surface area contributed by atoms with Gasteiger partial charge in [0.2, 0.25) is 0 Å². The van der Waals surface area contributed by atoms with Crippen LogP contribution in [0.15, 0.2) is 36.5 Å². The highest BCUT2D eigenvalue weighted by atomic mass is 16.6. The molecule has 0 fully saturated rings. The van der Waals surface area contributed by atoms with E-state index in [1.165, 1.54) is 154 Å². The average molecular weight is 661 g/mol. The Balaban J connectivity index is 3.45. The molecule has 0 aliphatic carbocycles. The highest BCUT2D eigenvalue weighted by Crippen LogP contribution is 2.14. The molecular formula is C43H80O4. The van der Waals surface area contributed by atoms with Gasteiger partial charge in [-0.25, -0.2) is 0 Å². The second-order valence-corrected chi connectivity index (χ2v) is 13.7. The van der Waals surface area contributed by atoms with Gasteiger partial charge in [-0.05, 0) is 51.4 Å². The highest BCUT2D eigenvalue weighted by Gasteiger charge is 2.13. The number of carbonyl (C=O) groups is 1. The van der Waals surface area contributed by atoms with Gasteiger partial charge in [-0.3, -0.25) is 4.79 Å². The van der Waals surface area contributed by atoms with E-state index in [2.05, 4.69) is 50.3 Å². The molecule has 4 heteroatoms. The van der Waals surface area contributed by atoms with Gasteiger partial charge in [-0.2, -0.15) is 0 Å². The van der Waals surface area contributed by atoms with Crippen LogP contribution in [0.5, 0.6) is 0 Å². The zero-order chi connectivity index (χ0) is 34.1. The SMILES string of the molecule is CCCCCCC/C=C\C/C=C\C/C=C\CCCCCCCCCOCC(CO)OC(=O)CCCCCCCCCCCCCCC. The van der Waals surface area contributed by atoms with Crippen LogP contribution in [-0.4, -0.2) is 37.0 Å². The van der Waals surface area contributed by atoms with Gasteiger partial charge in [0.1, 0.15) is 6.10 Å². The van der Waals surface area contributed by atoms with Crippen molar-refractivity contribution in [1.82, 2.24) is 0 Å². The summed E-state index contributed by atoms with van der Waals surface area (Å²) >= 11 is 0. The molecule has 0 saturated heterocycles. The van der Waals surface area contributed by atoms with Crippen LogP contribution in [0.2, 0.25) is 0 Å². The number of carbonyl (C=O) groups excluding carboxylic acids is 1. The van der Waals surface area contributed by atoms with Gasteiger partial charge in [0.15, 0.2) is 0 Å². The smallest absolute Gasteiger partial charge is 0.306 e. The van der Waals surface area contributed by atoms with E-state index >= 15 is 0 Å². The summed E-state index contributed by atoms with van der Waals surface area (Å²) in [6.07, 6.45) is 50.5. The fourth-order valence-corrected chi connectivity index (χ4v) is 5.86. The van der Waals surface area contributed by atoms with Crippen molar-refractivity contribution in [3.05, 3.63) is 36.5 Å². The number of hydrogen-bond donors (Lipinski definition) is 1. The maximum atomic E-state index is 12.2. The third kappa shape index (κ3) is 38.9. The first-order valence-electron chi connectivity index (χ1n) is 20.6. The predicted molar refractivity (Wildman–Crippen MR) is 205 cm³/mol. The minimum absolute atomic E-state index is 0.173. The largest absolute Gasteiger partial charge is 0.457 e. The van der Waals surface area contributed by atoms with E-state index in [0.29, 0.717) is 19.6 Å². The lowest BCUT2D eigenvalue weighted by atomic mass is 10.0. The molecule has 0 aromatic carbocycles. The summed E-state index contributed by atoms with van der Waals surface area (Å²) in [6.45, 7) is 5.33. The van der Waals surface area contributed by atoms with Crippen LogP contribution in [0.1, 0.15) is 206 Å². The Kier molecular flexibility index (Phi) is 39.6. The van der Waals surface area contributed by atoms with Gasteiger partial charge in [0.05, 0.1) is 13.2 Å². The molecule has 4 nitrogen and oxygen atoms in total. The molecule has 1 unspecified atom stereocenters. The number of aliphatic hydroxyl groups excluding tert-OH is 1. The third-order valence-electron chi connectivity index (χ3n) is 8.97. The number of rotatable bonds is 38. The van der Waals surface area contributed by atoms with Crippen molar-refractivity contribution < 1.29 is 19.4 Å². The van der Waals surface area contributed by atoms with Crippen LogP contribution >= 0.6 is 0 Å². The lowest BCUT2D eigenvalue weighted by molar-refractivity contribution is -0.154. The summed E-state index contributed by atoms with van der Waals surface area (Å²) in [5.74, 6) is -0.204. The maximum Gasteiger partial charge on any atom is 0.306 e. The molecular weight excluding hydrogens is 580 g/mol. The lowest BCUT2D eigenvalue weighted by Gasteiger charge is -2.16. The van der Waals surface area contributed by atoms with E-state index in [1.807, 2.05) is 0 Å². The van der Waals surface area contributed by atoms with Crippen LogP contribution in [0.25, 0.3) is 0 Å². The monoisotopic (exact) mass is 661 g/mol. The summed E-state index contributed by atoms with van der Waals surface area (Å²) in [5, 5.41) is 9.58. The molecule has 1 N–H and O–H groups in total. The van der Waals surface area contributed by atoms with E-state index in [0.717, 1.165) is 32.1 Å². The van der Waals surface area contributed by atoms with Gasteiger partial charge in [-0.15, -0.1) is 0 Å². The second-order valence-electron chi connectivity index (χ2n) is 13.7. The number of ether oxygens (including phenoxy) is 2. The normalized spacial score (nSPS) is 12.7. The summed E-state index contributed by atoms with van der Waals surface area (Å²) in [5.41, 5.74) is 0. The molecule has 0 heterocycles. The van der Waals surface area contributed by atoms with Crippen LogP contribution < -0.4 is 0 Å². The zero-order valence-electron chi connectivity index (χ0n) is 31.5. The standard InChI is InChI=1S/C43H80O4/c1-3-5-7-9-11-13-15-17-18-19-20-21-22-23-24-25-27-29-31-33-35-37-39-46-41-42(40-44)47-43(45)38-36-34-32-30-28-26-16-14-12-10-8-6-4-2/h15,17,19-20,22-23,42,44H,3-14,16,18,21,24-41H2,1-2H3/b17-15-,20-19-,23-22-. The summed E-state index contributed by atoms with van der Waals surface area (Å²) < 4.78 is 11.1. The number of allylic oxidation sites excluding steroid dienone is 6. The Labute approximate surface area is 293 Å². The van der Waals surface area contributed by atoms with E-state index in [-0.39, 0.29) is 12.6 Å². The molecule has 0 amide bonds. The molecule has 0 spiro atoms. The van der Waals surface area contributed by atoms with Gasteiger partial charge < -0.3 is 14.6 Å². The van der Waals surface area contributed by atoms with E-state index in [9.17, 15) is 9.90 Å². The molecule has 0 saturated carbocycles. The van der Waals surface area contributed by atoms with Crippen molar-refractivity contribution in [2.24, 2.45) is 0 Å². The molecule has 1 atom stereocenters. The van der Waals surface area contributed by atoms with Crippen LogP contribution in [0, 0.1) is 0 Å². The Bertz CT molecular complexity index is 698. The van der Waals surface area contributed by atoms with Crippen molar-refractivity contribution in [2.45, 2.75) is 213 Å². The third-order valence-corrected chi connectivity index (χ3v) is 8.97. The van der Waals surface area contributed by atoms with E-state index in [1.54, 1.807) is 0 Å². The van der Waals surface area contributed by atoms with Crippen molar-refractivity contribution in [3.8, 4) is 0 Å². The zero-order valence-corrected chi connectivity index (χ0v) is 31.5. The maximum absolute atomic E-state index is 12.2. The molecule has 0 rings (SSSR count). The first kappa shape index (κ1) is 45.6. The van der Waals surface area contributed by atoms with E-state index in [4.69, 9.17) is 9.47 Å². The van der Waals surface area contributed by atoms with Gasteiger partial charge in [0, 0.05) is 13.0 Å². The predicted octanol–water partition coefficient (Wildman–Crippen LogP) is 13.3. The van der Waals surface area contributed by atoms with Crippen molar-refractivity contribution in [1.29, 1.82) is 0 Å². The minimum atomic E-state index is -0.536. The molecule has 0 bridgehead atoms. The van der Waals surface area contributed by atoms with Gasteiger partial charge in [-0.1, -0.05) is 185 Å². The number of aliphatic hydroxyl groups is 1. The average Bonchev–Trinajstić information content (AvgIpc) is 3.08. The topological polar surface area (TPSA) is 55.8 Å². The molecule has 276 valence electrons. The van der Waals surface area contributed by atoms with Crippen molar-refractivity contribution in [3.63, 3.8) is 0 Å². The quantitative estimate of drug-likeness (QED) is 0.0407. The summed E-state index contributed by atoms with van der Waals surface area (Å²) in [4.78, 5) is 12.2. The Hall–Kier alpha value is -1.39. The first-order chi connectivity index (χ1) is 23.2. The molecule has 0 aliphatic heterocycles. The minimum Gasteiger partial charge on any atom is -0.457 e. The molecule has 0 aromatic rings. The molecule has 0 aromatic heterocycles. The van der Waals surface area contributed by atoms with Crippen molar-refractivity contribution >= 4 is 5.97 Å². The van der Waals surface area contributed by atoms with Gasteiger partial charge in [0.25, 0.3) is 0 Å². The lowest BCUT2D eigenvalue weighted by Crippen LogP contribution is -2.27. The van der Waals surface area contributed by atoms with Gasteiger partial charge >= 0.3 is 5.97 Å². The summed E-state index contributed by atoms with van der Waals surface area (Å²) in [6, 6.07) is 0. The first-order valence-corrected chi connectivity index (χ1v) is 20.6. The number of hydrogen-bond acceptors (Lipinski definition) is 4. The highest BCUT2D eigenvalue weighted by molar-refractivity contribution is 5.69. The van der Waals surface area contributed by atoms with Crippen molar-refractivity contribution in [2.75, 3.05) is 19.8 Å². The fraction of sp³-hybridized carbons (Fsp3) is 0.837. The summed E-state index contributed by atoms with van der Waals surface area (Å²) in [7, 11) is 0. The van der Waals surface area contributed by atoms with Crippen LogP contribution in [0.4, 0.5) is 0 Å². The number of esters is 1. The Morgan fingerprint density at radius 2 is 0.894 bits per heavy atom. The Morgan fingerprint density at radius 3 is 1.34 bits per heavy atom. The number of unbranched alkanes of at least 4 members (excludes halogenated alkanes) is 24. The van der Waals surface area contributed by atoms with Crippen LogP contribution in [0.3, 0.4) is 0 Å².